The van der Waals surface area contributed by atoms with Gasteiger partial charge in [0.2, 0.25) is 5.95 Å². The maximum atomic E-state index is 14.0. The molecule has 0 aliphatic carbocycles. The molecule has 0 aliphatic rings. The summed E-state index contributed by atoms with van der Waals surface area (Å²) < 4.78 is 43.9. The van der Waals surface area contributed by atoms with E-state index in [0.717, 1.165) is 21.4 Å². The largest absolute Gasteiger partial charge is 0.359 e. The lowest BCUT2D eigenvalue weighted by molar-refractivity contribution is 0.444. The second kappa shape index (κ2) is 11.2. The van der Waals surface area contributed by atoms with Gasteiger partial charge in [-0.25, -0.2) is 32.3 Å². The average Bonchev–Trinajstić information content (AvgIpc) is 3.28. The molecule has 0 amide bonds. The van der Waals surface area contributed by atoms with Crippen molar-refractivity contribution in [2.75, 3.05) is 10.6 Å². The number of hydrogen-bond acceptors (Lipinski definition) is 8. The van der Waals surface area contributed by atoms with Crippen LogP contribution in [0.2, 0.25) is 5.02 Å². The van der Waals surface area contributed by atoms with Crippen LogP contribution in [0, 0.1) is 17.5 Å². The molecule has 15 heteroatoms. The molecule has 0 radical (unpaired) electrons. The SMILES string of the molecule is CC(C)Nc1nc2cc(Cl)c(Nc3nc(=O)n(Cc4ccc[nH]c4=O)c(=O)n3Cc3cc(F)c(F)c(F)c3)cc2s1. The van der Waals surface area contributed by atoms with Crippen LogP contribution in [-0.2, 0) is 13.1 Å². The zero-order valence-electron chi connectivity index (χ0n) is 21.5. The van der Waals surface area contributed by atoms with Crippen molar-refractivity contribution in [1.29, 1.82) is 0 Å². The van der Waals surface area contributed by atoms with Crippen molar-refractivity contribution in [3.8, 4) is 0 Å². The third kappa shape index (κ3) is 5.88. The smallest absolute Gasteiger partial charge is 0.355 e. The monoisotopic (exact) mass is 603 g/mol. The van der Waals surface area contributed by atoms with Crippen LogP contribution in [0.15, 0.2) is 57.0 Å². The summed E-state index contributed by atoms with van der Waals surface area (Å²) in [6.45, 7) is 3.00. The Morgan fingerprint density at radius 1 is 1.02 bits per heavy atom. The first-order valence-corrected chi connectivity index (χ1v) is 13.3. The fourth-order valence-corrected chi connectivity index (χ4v) is 5.25. The van der Waals surface area contributed by atoms with Crippen molar-refractivity contribution in [3.63, 3.8) is 0 Å². The molecule has 0 saturated carbocycles. The van der Waals surface area contributed by atoms with Crippen molar-refractivity contribution in [2.45, 2.75) is 33.0 Å². The van der Waals surface area contributed by atoms with Crippen LogP contribution in [0.5, 0.6) is 0 Å². The van der Waals surface area contributed by atoms with Crippen molar-refractivity contribution in [1.82, 2.24) is 24.1 Å². The van der Waals surface area contributed by atoms with Gasteiger partial charge in [-0.1, -0.05) is 29.0 Å². The van der Waals surface area contributed by atoms with Crippen molar-refractivity contribution in [3.05, 3.63) is 108 Å². The van der Waals surface area contributed by atoms with Gasteiger partial charge < -0.3 is 15.6 Å². The van der Waals surface area contributed by atoms with Crippen LogP contribution in [0.4, 0.5) is 29.9 Å². The molecule has 3 heterocycles. The van der Waals surface area contributed by atoms with E-state index in [4.69, 9.17) is 11.6 Å². The molecule has 0 bridgehead atoms. The first-order chi connectivity index (χ1) is 19.5. The minimum atomic E-state index is -1.66. The quantitative estimate of drug-likeness (QED) is 0.224. The van der Waals surface area contributed by atoms with Gasteiger partial charge in [-0.3, -0.25) is 9.36 Å². The van der Waals surface area contributed by atoms with Crippen LogP contribution in [0.3, 0.4) is 0 Å². The molecule has 3 N–H and O–H groups in total. The Bertz CT molecular complexity index is 1950. The fraction of sp³-hybridized carbons (Fsp3) is 0.192. The molecule has 0 aliphatic heterocycles. The third-order valence-electron chi connectivity index (χ3n) is 5.90. The van der Waals surface area contributed by atoms with E-state index in [2.05, 4.69) is 25.6 Å². The summed E-state index contributed by atoms with van der Waals surface area (Å²) in [7, 11) is 0. The summed E-state index contributed by atoms with van der Waals surface area (Å²) in [5.74, 6) is -4.87. The van der Waals surface area contributed by atoms with Gasteiger partial charge in [0, 0.05) is 17.8 Å². The average molecular weight is 604 g/mol. The highest BCUT2D eigenvalue weighted by Crippen LogP contribution is 2.34. The molecule has 5 aromatic rings. The molecule has 5 rings (SSSR count). The molecule has 0 atom stereocenters. The van der Waals surface area contributed by atoms with E-state index < -0.39 is 47.5 Å². The molecule has 212 valence electrons. The Labute approximate surface area is 238 Å². The standard InChI is InChI=1S/C26H21ClF3N7O3S/c1-12(2)32-24-34-19-8-15(27)18(9-20(19)41-24)33-23-35-25(39)37(11-14-4-3-5-31-22(14)38)26(40)36(23)10-13-6-16(28)21(30)17(29)7-13/h3-9,12H,10-11H2,1-2H3,(H,31,38)(H,32,34)(H,33,35,39). The Hall–Kier alpha value is -4.43. The minimum Gasteiger partial charge on any atom is -0.359 e. The van der Waals surface area contributed by atoms with E-state index in [1.54, 1.807) is 12.1 Å². The number of anilines is 3. The van der Waals surface area contributed by atoms with Crippen LogP contribution in [-0.4, -0.2) is 30.1 Å². The second-order valence-corrected chi connectivity index (χ2v) is 10.8. The number of fused-ring (bicyclic) bond motifs is 1. The summed E-state index contributed by atoms with van der Waals surface area (Å²) in [5.41, 5.74) is -1.60. The van der Waals surface area contributed by atoms with Gasteiger partial charge in [-0.05, 0) is 49.7 Å². The molecule has 3 aromatic heterocycles. The fourth-order valence-electron chi connectivity index (χ4n) is 4.01. The van der Waals surface area contributed by atoms with Crippen LogP contribution in [0.1, 0.15) is 25.0 Å². The number of nitrogens with zero attached hydrogens (tertiary/aromatic N) is 4. The Kier molecular flexibility index (Phi) is 7.69. The lowest BCUT2D eigenvalue weighted by atomic mass is 10.2. The van der Waals surface area contributed by atoms with Gasteiger partial charge in [-0.15, -0.1) is 0 Å². The second-order valence-electron chi connectivity index (χ2n) is 9.31. The van der Waals surface area contributed by atoms with Gasteiger partial charge in [0.15, 0.2) is 22.6 Å². The molecule has 10 nitrogen and oxygen atoms in total. The number of nitrogens with one attached hydrogen (secondary N) is 3. The summed E-state index contributed by atoms with van der Waals surface area (Å²) in [6.07, 6.45) is 1.39. The number of aromatic amines is 1. The van der Waals surface area contributed by atoms with Crippen molar-refractivity contribution < 1.29 is 13.2 Å². The highest BCUT2D eigenvalue weighted by Gasteiger charge is 2.19. The predicted octanol–water partition coefficient (Wildman–Crippen LogP) is 4.43. The molecule has 41 heavy (non-hydrogen) atoms. The normalized spacial score (nSPS) is 11.4. The number of H-pyrrole nitrogens is 1. The first-order valence-electron chi connectivity index (χ1n) is 12.2. The molecule has 0 fully saturated rings. The molecule has 0 unspecified atom stereocenters. The number of thiazole rings is 1. The number of rotatable bonds is 8. The highest BCUT2D eigenvalue weighted by atomic mass is 35.5. The summed E-state index contributed by atoms with van der Waals surface area (Å²) in [6, 6.07) is 7.80. The van der Waals surface area contributed by atoms with E-state index in [0.29, 0.717) is 15.2 Å². The topological polar surface area (TPSA) is 127 Å². The van der Waals surface area contributed by atoms with Crippen LogP contribution >= 0.6 is 22.9 Å². The van der Waals surface area contributed by atoms with E-state index in [1.165, 1.54) is 29.7 Å². The molecule has 0 saturated heterocycles. The maximum Gasteiger partial charge on any atom is 0.355 e. The van der Waals surface area contributed by atoms with Crippen LogP contribution in [0.25, 0.3) is 10.2 Å². The Morgan fingerprint density at radius 3 is 2.44 bits per heavy atom. The number of hydrogen-bond donors (Lipinski definition) is 3. The zero-order chi connectivity index (χ0) is 29.4. The van der Waals surface area contributed by atoms with Crippen LogP contribution < -0.4 is 27.6 Å². The molecule has 2 aromatic carbocycles. The van der Waals surface area contributed by atoms with E-state index >= 15 is 0 Å². The number of aromatic nitrogens is 5. The van der Waals surface area contributed by atoms with Gasteiger partial charge in [0.05, 0.1) is 34.0 Å². The molecular formula is C26H21ClF3N7O3S. The van der Waals surface area contributed by atoms with E-state index in [9.17, 15) is 27.6 Å². The minimum absolute atomic E-state index is 0.101. The zero-order valence-corrected chi connectivity index (χ0v) is 23.0. The predicted molar refractivity (Wildman–Crippen MR) is 151 cm³/mol. The van der Waals surface area contributed by atoms with Gasteiger partial charge >= 0.3 is 11.4 Å². The lowest BCUT2D eigenvalue weighted by Gasteiger charge is -2.16. The Balaban J connectivity index is 1.62. The maximum absolute atomic E-state index is 14.0. The van der Waals surface area contributed by atoms with Gasteiger partial charge in [-0.2, -0.15) is 4.98 Å². The third-order valence-corrected chi connectivity index (χ3v) is 7.16. The van der Waals surface area contributed by atoms with Gasteiger partial charge in [0.1, 0.15) is 0 Å². The number of benzene rings is 2. The van der Waals surface area contributed by atoms with E-state index in [-0.39, 0.29) is 33.8 Å². The molecular weight excluding hydrogens is 583 g/mol. The summed E-state index contributed by atoms with van der Waals surface area (Å²) in [5, 5.41) is 6.93. The molecule has 0 spiro atoms. The van der Waals surface area contributed by atoms with Crippen molar-refractivity contribution >= 4 is 49.9 Å². The highest BCUT2D eigenvalue weighted by molar-refractivity contribution is 7.22. The summed E-state index contributed by atoms with van der Waals surface area (Å²) in [4.78, 5) is 49.7. The van der Waals surface area contributed by atoms with Crippen molar-refractivity contribution in [2.24, 2.45) is 0 Å². The summed E-state index contributed by atoms with van der Waals surface area (Å²) >= 11 is 7.83. The number of halogens is 4. The lowest BCUT2D eigenvalue weighted by Crippen LogP contribution is -2.43. The Morgan fingerprint density at radius 2 is 1.76 bits per heavy atom. The number of pyridine rings is 1. The van der Waals surface area contributed by atoms with Gasteiger partial charge in [0.25, 0.3) is 5.56 Å². The van der Waals surface area contributed by atoms with E-state index in [1.807, 2.05) is 13.8 Å². The first kappa shape index (κ1) is 28.1.